The van der Waals surface area contributed by atoms with E-state index in [0.29, 0.717) is 17.8 Å². The molecule has 0 unspecified atom stereocenters. The minimum Gasteiger partial charge on any atom is -0.446 e. The van der Waals surface area contributed by atoms with Gasteiger partial charge in [-0.15, -0.1) is 0 Å². The Morgan fingerprint density at radius 3 is 2.60 bits per heavy atom. The molecule has 3 nitrogen and oxygen atoms in total. The summed E-state index contributed by atoms with van der Waals surface area (Å²) in [5, 5.41) is 2.80. The maximum atomic E-state index is 12.0. The van der Waals surface area contributed by atoms with Crippen molar-refractivity contribution >= 4 is 11.8 Å². The Morgan fingerprint density at radius 2 is 1.95 bits per heavy atom. The molecule has 2 rings (SSSR count). The summed E-state index contributed by atoms with van der Waals surface area (Å²) in [6, 6.07) is 9.45. The Morgan fingerprint density at radius 1 is 1.25 bits per heavy atom. The Kier molecular flexibility index (Phi) is 5.05. The molecule has 0 aromatic heterocycles. The minimum absolute atomic E-state index is 0.0439. The molecule has 1 fully saturated rings. The highest BCUT2D eigenvalue weighted by molar-refractivity contribution is 5.84. The van der Waals surface area contributed by atoms with E-state index >= 15 is 0 Å². The number of ether oxygens (including phenoxy) is 1. The first-order valence-corrected chi connectivity index (χ1v) is 7.59. The summed E-state index contributed by atoms with van der Waals surface area (Å²) in [5.41, 5.74) is 0.780. The van der Waals surface area contributed by atoms with Gasteiger partial charge in [0.1, 0.15) is 6.10 Å². The van der Waals surface area contributed by atoms with E-state index in [1.165, 1.54) is 6.42 Å². The third kappa shape index (κ3) is 3.99. The normalized spacial score (nSPS) is 26.3. The van der Waals surface area contributed by atoms with Crippen molar-refractivity contribution in [3.05, 3.63) is 30.3 Å². The minimum atomic E-state index is -0.332. The monoisotopic (exact) mass is 275 g/mol. The van der Waals surface area contributed by atoms with Crippen LogP contribution in [-0.4, -0.2) is 12.2 Å². The number of rotatable bonds is 3. The van der Waals surface area contributed by atoms with Gasteiger partial charge in [-0.1, -0.05) is 45.4 Å². The quantitative estimate of drug-likeness (QED) is 0.868. The molecule has 0 aliphatic heterocycles. The lowest BCUT2D eigenvalue weighted by atomic mass is 9.75. The van der Waals surface area contributed by atoms with Crippen LogP contribution >= 0.6 is 0 Å². The molecule has 1 amide bonds. The first kappa shape index (κ1) is 14.9. The van der Waals surface area contributed by atoms with Gasteiger partial charge in [-0.25, -0.2) is 4.79 Å². The van der Waals surface area contributed by atoms with E-state index in [1.807, 2.05) is 30.3 Å². The molecule has 110 valence electrons. The SMILES string of the molecule is CC(C)[C@H]1CC[C@H](C)C[C@H]1OC(=O)Nc1ccccc1. The van der Waals surface area contributed by atoms with Crippen molar-refractivity contribution < 1.29 is 9.53 Å². The van der Waals surface area contributed by atoms with E-state index in [2.05, 4.69) is 26.1 Å². The fraction of sp³-hybridized carbons (Fsp3) is 0.588. The van der Waals surface area contributed by atoms with E-state index in [0.717, 1.165) is 18.5 Å². The molecule has 3 heteroatoms. The standard InChI is InChI=1S/C17H25NO2/c1-12(2)15-10-9-13(3)11-16(15)20-17(19)18-14-7-5-4-6-8-14/h4-8,12-13,15-16H,9-11H2,1-3H3,(H,18,19)/t13-,15+,16+/m0/s1. The lowest BCUT2D eigenvalue weighted by Crippen LogP contribution is -2.36. The molecule has 3 atom stereocenters. The van der Waals surface area contributed by atoms with Gasteiger partial charge in [-0.05, 0) is 42.7 Å². The molecule has 0 saturated heterocycles. The molecular weight excluding hydrogens is 250 g/mol. The number of benzene rings is 1. The second-order valence-corrected chi connectivity index (χ2v) is 6.26. The Bertz CT molecular complexity index is 430. The van der Waals surface area contributed by atoms with Crippen LogP contribution in [0.2, 0.25) is 0 Å². The number of hydrogen-bond donors (Lipinski definition) is 1. The number of anilines is 1. The van der Waals surface area contributed by atoms with Crippen LogP contribution in [0.15, 0.2) is 30.3 Å². The van der Waals surface area contributed by atoms with Gasteiger partial charge in [0.05, 0.1) is 0 Å². The molecule has 0 spiro atoms. The molecular formula is C17H25NO2. The van der Waals surface area contributed by atoms with Gasteiger partial charge < -0.3 is 4.74 Å². The summed E-state index contributed by atoms with van der Waals surface area (Å²) in [5.74, 6) is 1.67. The molecule has 1 saturated carbocycles. The summed E-state index contributed by atoms with van der Waals surface area (Å²) in [7, 11) is 0. The molecule has 20 heavy (non-hydrogen) atoms. The van der Waals surface area contributed by atoms with Crippen molar-refractivity contribution in [3.63, 3.8) is 0 Å². The highest BCUT2D eigenvalue weighted by atomic mass is 16.6. The summed E-state index contributed by atoms with van der Waals surface area (Å²) in [6.45, 7) is 6.67. The van der Waals surface area contributed by atoms with Crippen LogP contribution in [0.1, 0.15) is 40.0 Å². The van der Waals surface area contributed by atoms with E-state index < -0.39 is 0 Å². The van der Waals surface area contributed by atoms with Crippen molar-refractivity contribution in [1.29, 1.82) is 0 Å². The van der Waals surface area contributed by atoms with Crippen LogP contribution in [0.25, 0.3) is 0 Å². The van der Waals surface area contributed by atoms with Crippen LogP contribution in [0.4, 0.5) is 10.5 Å². The zero-order chi connectivity index (χ0) is 14.5. The number of carbonyl (C=O) groups is 1. The Labute approximate surface area is 121 Å². The van der Waals surface area contributed by atoms with Gasteiger partial charge in [0, 0.05) is 5.69 Å². The number of carbonyl (C=O) groups excluding carboxylic acids is 1. The van der Waals surface area contributed by atoms with Crippen molar-refractivity contribution in [2.24, 2.45) is 17.8 Å². The summed E-state index contributed by atoms with van der Waals surface area (Å²) >= 11 is 0. The largest absolute Gasteiger partial charge is 0.446 e. The lowest BCUT2D eigenvalue weighted by molar-refractivity contribution is 0.0126. The first-order valence-electron chi connectivity index (χ1n) is 7.59. The van der Waals surface area contributed by atoms with E-state index in [9.17, 15) is 4.79 Å². The van der Waals surface area contributed by atoms with Gasteiger partial charge in [0.2, 0.25) is 0 Å². The van der Waals surface area contributed by atoms with Crippen molar-refractivity contribution in [3.8, 4) is 0 Å². The predicted octanol–water partition coefficient (Wildman–Crippen LogP) is 4.70. The molecule has 1 aliphatic rings. The fourth-order valence-corrected chi connectivity index (χ4v) is 3.06. The average Bonchev–Trinajstić information content (AvgIpc) is 2.39. The summed E-state index contributed by atoms with van der Waals surface area (Å²) < 4.78 is 5.69. The second-order valence-electron chi connectivity index (χ2n) is 6.26. The van der Waals surface area contributed by atoms with E-state index in [-0.39, 0.29) is 12.2 Å². The van der Waals surface area contributed by atoms with Crippen molar-refractivity contribution in [2.75, 3.05) is 5.32 Å². The molecule has 1 aliphatic carbocycles. The third-order valence-electron chi connectivity index (χ3n) is 4.24. The Balaban J connectivity index is 1.94. The topological polar surface area (TPSA) is 38.3 Å². The van der Waals surface area contributed by atoms with Gasteiger partial charge in [0.15, 0.2) is 0 Å². The number of amides is 1. The van der Waals surface area contributed by atoms with Gasteiger partial charge >= 0.3 is 6.09 Å². The van der Waals surface area contributed by atoms with E-state index in [4.69, 9.17) is 4.74 Å². The number of para-hydroxylation sites is 1. The summed E-state index contributed by atoms with van der Waals surface area (Å²) in [4.78, 5) is 12.0. The van der Waals surface area contributed by atoms with Crippen LogP contribution < -0.4 is 5.32 Å². The fourth-order valence-electron chi connectivity index (χ4n) is 3.06. The molecule has 0 bridgehead atoms. The van der Waals surface area contributed by atoms with Gasteiger partial charge in [-0.2, -0.15) is 0 Å². The third-order valence-corrected chi connectivity index (χ3v) is 4.24. The highest BCUT2D eigenvalue weighted by Crippen LogP contribution is 2.35. The van der Waals surface area contributed by atoms with Crippen molar-refractivity contribution in [1.82, 2.24) is 0 Å². The van der Waals surface area contributed by atoms with Crippen molar-refractivity contribution in [2.45, 2.75) is 46.1 Å². The molecule has 1 aromatic carbocycles. The average molecular weight is 275 g/mol. The van der Waals surface area contributed by atoms with Crippen LogP contribution in [0.5, 0.6) is 0 Å². The van der Waals surface area contributed by atoms with Crippen LogP contribution in [-0.2, 0) is 4.74 Å². The van der Waals surface area contributed by atoms with Gasteiger partial charge in [-0.3, -0.25) is 5.32 Å². The lowest BCUT2D eigenvalue weighted by Gasteiger charge is -2.36. The number of nitrogens with one attached hydrogen (secondary N) is 1. The summed E-state index contributed by atoms with van der Waals surface area (Å²) in [6.07, 6.45) is 3.08. The second kappa shape index (κ2) is 6.78. The van der Waals surface area contributed by atoms with Crippen LogP contribution in [0, 0.1) is 17.8 Å². The first-order chi connectivity index (χ1) is 9.56. The smallest absolute Gasteiger partial charge is 0.411 e. The molecule has 0 heterocycles. The Hall–Kier alpha value is -1.51. The zero-order valence-electron chi connectivity index (χ0n) is 12.6. The number of hydrogen-bond acceptors (Lipinski definition) is 2. The maximum absolute atomic E-state index is 12.0. The molecule has 1 N–H and O–H groups in total. The predicted molar refractivity (Wildman–Crippen MR) is 81.7 cm³/mol. The van der Waals surface area contributed by atoms with Gasteiger partial charge in [0.25, 0.3) is 0 Å². The molecule has 1 aromatic rings. The molecule has 0 radical (unpaired) electrons. The van der Waals surface area contributed by atoms with E-state index in [1.54, 1.807) is 0 Å². The maximum Gasteiger partial charge on any atom is 0.411 e. The zero-order valence-corrected chi connectivity index (χ0v) is 12.6. The highest BCUT2D eigenvalue weighted by Gasteiger charge is 2.33. The van der Waals surface area contributed by atoms with Crippen LogP contribution in [0.3, 0.4) is 0 Å².